The van der Waals surface area contributed by atoms with Crippen LogP contribution in [0.15, 0.2) is 24.3 Å². The Balaban J connectivity index is 2.32. The predicted octanol–water partition coefficient (Wildman–Crippen LogP) is 4.47. The third-order valence-electron chi connectivity index (χ3n) is 2.56. The van der Waals surface area contributed by atoms with Gasteiger partial charge in [0.1, 0.15) is 16.8 Å². The molecule has 110 valence electrons. The Hall–Kier alpha value is -1.56. The first kappa shape index (κ1) is 15.8. The Kier molecular flexibility index (Phi) is 4.88. The summed E-state index contributed by atoms with van der Waals surface area (Å²) in [6, 6.07) is 5.01. The highest BCUT2D eigenvalue weighted by atomic mass is 35.5. The quantitative estimate of drug-likeness (QED) is 0.804. The van der Waals surface area contributed by atoms with Crippen molar-refractivity contribution in [3.05, 3.63) is 50.8 Å². The van der Waals surface area contributed by atoms with Gasteiger partial charge in [-0.25, -0.2) is 9.37 Å². The second kappa shape index (κ2) is 6.47. The van der Waals surface area contributed by atoms with Crippen LogP contribution in [0.25, 0.3) is 0 Å². The maximum atomic E-state index is 13.1. The summed E-state index contributed by atoms with van der Waals surface area (Å²) in [5.74, 6) is -0.650. The Morgan fingerprint density at radius 1 is 1.14 bits per heavy atom. The van der Waals surface area contributed by atoms with Crippen molar-refractivity contribution >= 4 is 52.2 Å². The molecule has 1 heterocycles. The minimum Gasteiger partial charge on any atom is -0.373 e. The number of nitrogens with one attached hydrogen (secondary N) is 2. The zero-order valence-corrected chi connectivity index (χ0v) is 12.9. The van der Waals surface area contributed by atoms with Crippen molar-refractivity contribution in [3.8, 4) is 0 Å². The number of pyridine rings is 1. The molecule has 0 spiro atoms. The first-order valence-corrected chi connectivity index (χ1v) is 6.85. The molecular weight excluding hydrogens is 340 g/mol. The summed E-state index contributed by atoms with van der Waals surface area (Å²) in [6.07, 6.45) is 0. The third-order valence-corrected chi connectivity index (χ3v) is 3.35. The molecule has 1 aromatic heterocycles. The van der Waals surface area contributed by atoms with E-state index < -0.39 is 11.7 Å². The molecule has 4 nitrogen and oxygen atoms in total. The van der Waals surface area contributed by atoms with Gasteiger partial charge in [-0.05, 0) is 24.3 Å². The molecular formula is C13H9Cl3FN3O. The third kappa shape index (κ3) is 3.75. The molecule has 0 saturated heterocycles. The van der Waals surface area contributed by atoms with E-state index in [0.717, 1.165) is 12.1 Å². The van der Waals surface area contributed by atoms with Gasteiger partial charge in [-0.1, -0.05) is 34.8 Å². The molecule has 0 saturated carbocycles. The molecule has 21 heavy (non-hydrogen) atoms. The van der Waals surface area contributed by atoms with Gasteiger partial charge in [-0.2, -0.15) is 0 Å². The lowest BCUT2D eigenvalue weighted by Crippen LogP contribution is -2.13. The number of hydrogen-bond donors (Lipinski definition) is 2. The maximum Gasteiger partial charge on any atom is 0.255 e. The van der Waals surface area contributed by atoms with Crippen molar-refractivity contribution in [1.29, 1.82) is 0 Å². The highest BCUT2D eigenvalue weighted by molar-refractivity contribution is 6.40. The minimum atomic E-state index is -0.590. The van der Waals surface area contributed by atoms with Gasteiger partial charge < -0.3 is 10.6 Å². The number of nitrogens with zero attached hydrogens (tertiary/aromatic N) is 1. The molecule has 0 fully saturated rings. The summed E-state index contributed by atoms with van der Waals surface area (Å²) in [5, 5.41) is 5.46. The van der Waals surface area contributed by atoms with E-state index in [1.807, 2.05) is 0 Å². The van der Waals surface area contributed by atoms with Crippen molar-refractivity contribution in [2.24, 2.45) is 0 Å². The fourth-order valence-corrected chi connectivity index (χ4v) is 2.37. The van der Waals surface area contributed by atoms with Crippen LogP contribution in [0.5, 0.6) is 0 Å². The van der Waals surface area contributed by atoms with Gasteiger partial charge in [-0.3, -0.25) is 4.79 Å². The molecule has 1 amide bonds. The maximum absolute atomic E-state index is 13.1. The van der Waals surface area contributed by atoms with E-state index in [0.29, 0.717) is 5.82 Å². The van der Waals surface area contributed by atoms with Crippen molar-refractivity contribution in [2.45, 2.75) is 0 Å². The lowest BCUT2D eigenvalue weighted by molar-refractivity contribution is 0.102. The van der Waals surface area contributed by atoms with Gasteiger partial charge in [0.05, 0.1) is 15.7 Å². The molecule has 2 aromatic rings. The zero-order valence-electron chi connectivity index (χ0n) is 10.7. The van der Waals surface area contributed by atoms with Crippen LogP contribution in [0, 0.1) is 5.82 Å². The van der Waals surface area contributed by atoms with Gasteiger partial charge in [0.25, 0.3) is 5.91 Å². The minimum absolute atomic E-state index is 0.00217. The SMILES string of the molecule is CNc1cc(C(=O)Nc2c(Cl)cc(F)cc2Cl)cc(Cl)n1. The molecule has 8 heteroatoms. The average Bonchev–Trinajstić information content (AvgIpc) is 2.41. The van der Waals surface area contributed by atoms with E-state index in [1.54, 1.807) is 7.05 Å². The van der Waals surface area contributed by atoms with Crippen LogP contribution in [0.2, 0.25) is 15.2 Å². The lowest BCUT2D eigenvalue weighted by atomic mass is 10.2. The van der Waals surface area contributed by atoms with Crippen LogP contribution in [0.1, 0.15) is 10.4 Å². The monoisotopic (exact) mass is 347 g/mol. The number of aromatic nitrogens is 1. The number of halogens is 4. The van der Waals surface area contributed by atoms with Gasteiger partial charge in [0, 0.05) is 12.6 Å². The van der Waals surface area contributed by atoms with Gasteiger partial charge in [0.2, 0.25) is 0 Å². The fourth-order valence-electron chi connectivity index (χ4n) is 1.60. The second-order valence-corrected chi connectivity index (χ2v) is 5.21. The van der Waals surface area contributed by atoms with Crippen LogP contribution in [-0.4, -0.2) is 17.9 Å². The highest BCUT2D eigenvalue weighted by Crippen LogP contribution is 2.31. The molecule has 0 aliphatic heterocycles. The van der Waals surface area contributed by atoms with E-state index in [9.17, 15) is 9.18 Å². The van der Waals surface area contributed by atoms with Crippen molar-refractivity contribution < 1.29 is 9.18 Å². The summed E-state index contributed by atoms with van der Waals surface area (Å²) < 4.78 is 13.1. The smallest absolute Gasteiger partial charge is 0.255 e. The molecule has 2 rings (SSSR count). The summed E-state index contributed by atoms with van der Waals surface area (Å²) in [7, 11) is 1.65. The van der Waals surface area contributed by atoms with Gasteiger partial charge in [0.15, 0.2) is 0 Å². The van der Waals surface area contributed by atoms with E-state index >= 15 is 0 Å². The number of carbonyl (C=O) groups excluding carboxylic acids is 1. The Labute approximate surface area is 135 Å². The standard InChI is InChI=1S/C13H9Cl3FN3O/c1-18-11-3-6(2-10(16)19-11)13(21)20-12-8(14)4-7(17)5-9(12)15/h2-5H,1H3,(H,18,19)(H,20,21). The molecule has 0 aliphatic rings. The van der Waals surface area contributed by atoms with E-state index in [2.05, 4.69) is 15.6 Å². The number of rotatable bonds is 3. The second-order valence-electron chi connectivity index (χ2n) is 4.01. The van der Waals surface area contributed by atoms with Crippen molar-refractivity contribution in [2.75, 3.05) is 17.7 Å². The van der Waals surface area contributed by atoms with Crippen LogP contribution < -0.4 is 10.6 Å². The number of anilines is 2. The number of carbonyl (C=O) groups is 1. The van der Waals surface area contributed by atoms with Crippen LogP contribution in [0.3, 0.4) is 0 Å². The van der Waals surface area contributed by atoms with Gasteiger partial charge in [-0.15, -0.1) is 0 Å². The van der Waals surface area contributed by atoms with E-state index in [-0.39, 0.29) is 26.4 Å². The molecule has 2 N–H and O–H groups in total. The molecule has 1 aromatic carbocycles. The summed E-state index contributed by atoms with van der Waals surface area (Å²) in [6.45, 7) is 0. The topological polar surface area (TPSA) is 54.0 Å². The Bertz CT molecular complexity index is 686. The normalized spacial score (nSPS) is 10.3. The van der Waals surface area contributed by atoms with Gasteiger partial charge >= 0.3 is 0 Å². The van der Waals surface area contributed by atoms with Crippen LogP contribution in [0.4, 0.5) is 15.9 Å². The van der Waals surface area contributed by atoms with E-state index in [4.69, 9.17) is 34.8 Å². The molecule has 0 atom stereocenters. The molecule has 0 radical (unpaired) electrons. The van der Waals surface area contributed by atoms with Crippen LogP contribution in [-0.2, 0) is 0 Å². The van der Waals surface area contributed by atoms with Crippen molar-refractivity contribution in [1.82, 2.24) is 4.98 Å². The van der Waals surface area contributed by atoms with Crippen molar-refractivity contribution in [3.63, 3.8) is 0 Å². The number of amides is 1. The summed E-state index contributed by atoms with van der Waals surface area (Å²) >= 11 is 17.6. The average molecular weight is 349 g/mol. The predicted molar refractivity (Wildman–Crippen MR) is 83.2 cm³/mol. The van der Waals surface area contributed by atoms with Crippen LogP contribution >= 0.6 is 34.8 Å². The molecule has 0 unspecified atom stereocenters. The summed E-state index contributed by atoms with van der Waals surface area (Å²) in [5.41, 5.74) is 0.388. The molecule has 0 aliphatic carbocycles. The fraction of sp³-hybridized carbons (Fsp3) is 0.0769. The first-order valence-electron chi connectivity index (χ1n) is 5.72. The number of benzene rings is 1. The zero-order chi connectivity index (χ0) is 15.6. The van der Waals surface area contributed by atoms with E-state index in [1.165, 1.54) is 12.1 Å². The molecule has 0 bridgehead atoms. The summed E-state index contributed by atoms with van der Waals surface area (Å²) in [4.78, 5) is 16.1. The Morgan fingerprint density at radius 3 is 2.33 bits per heavy atom. The highest BCUT2D eigenvalue weighted by Gasteiger charge is 2.14. The first-order chi connectivity index (χ1) is 9.90. The Morgan fingerprint density at radius 2 is 1.76 bits per heavy atom. The lowest BCUT2D eigenvalue weighted by Gasteiger charge is -2.10. The largest absolute Gasteiger partial charge is 0.373 e. The number of hydrogen-bond acceptors (Lipinski definition) is 3.